The van der Waals surface area contributed by atoms with Crippen molar-refractivity contribution in [1.29, 1.82) is 0 Å². The number of fused-ring (bicyclic) bond motifs is 9. The molecule has 0 unspecified atom stereocenters. The number of aliphatic hydroxyl groups excluding tert-OH is 4. The van der Waals surface area contributed by atoms with Gasteiger partial charge in [0.2, 0.25) is 0 Å². The fraction of sp³-hybridized carbons (Fsp3) is 0.339. The zero-order chi connectivity index (χ0) is 95.8. The van der Waals surface area contributed by atoms with E-state index in [9.17, 15) is 20.4 Å². The average Bonchev–Trinajstić information content (AvgIpc) is 1.63. The van der Waals surface area contributed by atoms with Gasteiger partial charge in [0.05, 0.1) is 98.5 Å². The molecule has 0 atom stereocenters. The second kappa shape index (κ2) is 41.9. The molecule has 4 aliphatic carbocycles. The standard InChI is InChI=1S/2C23H26N4O2S.C23H26N4OS.C23H20N4S.C16H18N4OS.CH4/c1-13-10-15-11-19(30-23(15)14(2)22(13)29-3)18-12-24-21-9-8-20(26-27(18)21)25-16-4-6-17(28)7-5-16;1-14(2)29-19-5-3-4-15-12-20(30-23(15)19)18-13-24-22-11-10-21(26-27(18)22)25-16-6-8-17(28)9-7-16;1-14-10-16-12-21(29-20(16)11-15(14)2)19-13-24-22-8-9-23(25-27(19)22)26(3)17-4-6-18(28)7-5-17;1-14-7-8-18(11-16(14)3)25-21-9-10-22-24-13-19(27(22)26-21)20-12-17-6-4-5-15(2)23(17)28-20;21-13-3-1-12(2-4-13)18-15-5-6-16-17-9-14(20(16)19-15)11-7-8-22-10-11;/h8-12,16-17,28H,4-7H2,1-3H3,(H,25,26);3-5,10-14,16-17,28H,6-9H2,1-2H3,(H,25,26);8-13,17-18,28H,4-7H2,1-3H3;4-13H,1-3H3,(H,25,26);5-10,12-13,21H,1-4H2,(H,18,19);1H4. The van der Waals surface area contributed by atoms with Crippen molar-refractivity contribution in [2.45, 2.75) is 227 Å². The molecule has 4 fully saturated rings. The Labute approximate surface area is 833 Å². The number of thiophene rings is 5. The number of rotatable bonds is 18. The summed E-state index contributed by atoms with van der Waals surface area (Å²) in [4.78, 5) is 29.5. The second-order valence-corrected chi connectivity index (χ2v) is 42.6. The van der Waals surface area contributed by atoms with Gasteiger partial charge in [-0.15, -0.1) is 70.8 Å². The topological polar surface area (TPSA) is 302 Å². The largest absolute Gasteiger partial charge is 0.496 e. The van der Waals surface area contributed by atoms with Gasteiger partial charge in [-0.25, -0.2) is 47.5 Å². The minimum absolute atomic E-state index is 0. The number of hydrogen-bond donors (Lipinski definition) is 8. The molecular weight excluding hydrogens is 1850 g/mol. The monoisotopic (exact) mass is 1960 g/mol. The Morgan fingerprint density at radius 3 is 1.31 bits per heavy atom. The summed E-state index contributed by atoms with van der Waals surface area (Å²) >= 11 is 8.71. The first-order chi connectivity index (χ1) is 67.5. The third-order valence-corrected chi connectivity index (χ3v) is 32.8. The van der Waals surface area contributed by atoms with Crippen LogP contribution in [0.25, 0.3) is 122 Å². The number of methoxy groups -OCH3 is 1. The molecule has 722 valence electrons. The van der Waals surface area contributed by atoms with Gasteiger partial charge in [-0.05, 0) is 347 Å². The van der Waals surface area contributed by atoms with E-state index >= 15 is 0 Å². The number of benzene rings is 5. The number of hydrogen-bond acceptors (Lipinski definition) is 26. The van der Waals surface area contributed by atoms with Crippen LogP contribution in [0, 0.1) is 48.5 Å². The lowest BCUT2D eigenvalue weighted by Crippen LogP contribution is -2.37. The predicted molar refractivity (Wildman–Crippen MR) is 576 cm³/mol. The maximum Gasteiger partial charge on any atom is 0.154 e. The number of ether oxygens (including phenoxy) is 2. The molecule has 8 N–H and O–H groups in total. The summed E-state index contributed by atoms with van der Waals surface area (Å²) < 4.78 is 26.2. The van der Waals surface area contributed by atoms with Crippen LogP contribution in [0.3, 0.4) is 0 Å². The zero-order valence-electron chi connectivity index (χ0n) is 79.9. The zero-order valence-corrected chi connectivity index (χ0v) is 84.0. The van der Waals surface area contributed by atoms with E-state index < -0.39 is 0 Å². The lowest BCUT2D eigenvalue weighted by molar-refractivity contribution is 0.122. The van der Waals surface area contributed by atoms with Crippen molar-refractivity contribution < 1.29 is 29.9 Å². The smallest absolute Gasteiger partial charge is 0.154 e. The average molecular weight is 1970 g/mol. The van der Waals surface area contributed by atoms with Crippen molar-refractivity contribution in [3.63, 3.8) is 0 Å². The normalized spacial score (nSPS) is 18.2. The van der Waals surface area contributed by atoms with E-state index in [1.165, 1.54) is 73.4 Å². The lowest BCUT2D eigenvalue weighted by Gasteiger charge is -2.33. The molecule has 140 heavy (non-hydrogen) atoms. The maximum absolute atomic E-state index is 9.80. The Hall–Kier alpha value is -12.8. The van der Waals surface area contributed by atoms with Crippen LogP contribution in [0.4, 0.5) is 34.8 Å². The number of nitrogens with zero attached hydrogens (tertiary/aromatic N) is 16. The van der Waals surface area contributed by atoms with E-state index in [2.05, 4.69) is 220 Å². The predicted octanol–water partition coefficient (Wildman–Crippen LogP) is 25.1. The van der Waals surface area contributed by atoms with Gasteiger partial charge in [0, 0.05) is 67.5 Å². The third kappa shape index (κ3) is 21.0. The van der Waals surface area contributed by atoms with Crippen LogP contribution < -0.4 is 35.6 Å². The molecular formula is C109H120N20O6S5. The molecule has 31 heteroatoms. The first-order valence-corrected chi connectivity index (χ1v) is 52.3. The van der Waals surface area contributed by atoms with Crippen LogP contribution in [0.15, 0.2) is 206 Å². The lowest BCUT2D eigenvalue weighted by atomic mass is 9.92. The van der Waals surface area contributed by atoms with Gasteiger partial charge in [-0.3, -0.25) is 0 Å². The number of aryl methyl sites for hydroxylation is 7. The molecule has 0 bridgehead atoms. The van der Waals surface area contributed by atoms with Gasteiger partial charge < -0.3 is 56.1 Å². The first-order valence-electron chi connectivity index (χ1n) is 48.1. The van der Waals surface area contributed by atoms with Gasteiger partial charge in [-0.1, -0.05) is 49.9 Å². The molecule has 20 aromatic rings. The van der Waals surface area contributed by atoms with Crippen LogP contribution >= 0.6 is 56.7 Å². The van der Waals surface area contributed by atoms with E-state index in [0.717, 1.165) is 237 Å². The molecule has 0 amide bonds. The Kier molecular flexibility index (Phi) is 28.8. The summed E-state index contributed by atoms with van der Waals surface area (Å²) in [6, 6.07) is 58.1. The summed E-state index contributed by atoms with van der Waals surface area (Å²) in [7, 11) is 3.84. The van der Waals surface area contributed by atoms with Gasteiger partial charge in [0.25, 0.3) is 0 Å². The highest BCUT2D eigenvalue weighted by Crippen LogP contribution is 2.44. The molecule has 4 aliphatic rings. The van der Waals surface area contributed by atoms with Crippen molar-refractivity contribution in [2.24, 2.45) is 0 Å². The summed E-state index contributed by atoms with van der Waals surface area (Å²) in [6.07, 6.45) is 23.7. The molecule has 0 aliphatic heterocycles. The molecule has 0 spiro atoms. The number of aromatic nitrogens is 15. The van der Waals surface area contributed by atoms with Crippen LogP contribution in [0.5, 0.6) is 11.5 Å². The summed E-state index contributed by atoms with van der Waals surface area (Å²) in [5.74, 6) is 6.17. The highest BCUT2D eigenvalue weighted by Gasteiger charge is 2.29. The highest BCUT2D eigenvalue weighted by atomic mass is 32.1. The Bertz CT molecular complexity index is 7720. The first kappa shape index (κ1) is 96.1. The van der Waals surface area contributed by atoms with E-state index in [1.54, 1.807) is 63.8 Å². The van der Waals surface area contributed by atoms with Gasteiger partial charge in [0.1, 0.15) is 57.5 Å². The number of aliphatic hydroxyl groups is 4. The SMILES string of the molecule is C.CC(C)Oc1cccc2cc(-c3cnc4ccc(NC5CCC(O)CC5)nn34)sc12.COc1c(C)cc2cc(-c3cnc4ccc(NC5CCC(O)CC5)nn34)sc2c1C.Cc1cc2cc(-c3cnc4ccc(N(C)C5CCC(O)CC5)nn34)sc2cc1C.Cc1ccc(Nc2ccc3ncc(-c4cc5cccc(C)c5s4)n3n2)cc1C.OC1CCC(Nc2ccc3ncc(-c4ccsc4)n3n2)CC1. The van der Waals surface area contributed by atoms with E-state index in [1.807, 2.05) is 134 Å². The molecule has 0 saturated heterocycles. The van der Waals surface area contributed by atoms with E-state index in [-0.39, 0.29) is 37.9 Å². The van der Waals surface area contributed by atoms with Crippen LogP contribution in [0.1, 0.15) is 163 Å². The van der Waals surface area contributed by atoms with E-state index in [0.29, 0.717) is 24.2 Å². The van der Waals surface area contributed by atoms with Gasteiger partial charge in [-0.2, -0.15) is 11.3 Å². The molecule has 15 aromatic heterocycles. The molecule has 5 aromatic carbocycles. The molecule has 15 heterocycles. The van der Waals surface area contributed by atoms with Crippen molar-refractivity contribution >= 4 is 160 Å². The second-order valence-electron chi connectivity index (χ2n) is 37.6. The van der Waals surface area contributed by atoms with Gasteiger partial charge in [0.15, 0.2) is 34.1 Å². The molecule has 26 nitrogen and oxygen atoms in total. The summed E-state index contributed by atoms with van der Waals surface area (Å²) in [6.45, 7) is 19.0. The number of anilines is 6. The van der Waals surface area contributed by atoms with Crippen molar-refractivity contribution in [3.05, 3.63) is 244 Å². The highest BCUT2D eigenvalue weighted by molar-refractivity contribution is 7.23. The Balaban J connectivity index is 0.000000112. The summed E-state index contributed by atoms with van der Waals surface area (Å²) in [5.41, 5.74) is 20.2. The quantitative estimate of drug-likeness (QED) is 0.0396. The van der Waals surface area contributed by atoms with Gasteiger partial charge >= 0.3 is 0 Å². The minimum atomic E-state index is -0.156. The van der Waals surface area contributed by atoms with Crippen molar-refractivity contribution in [1.82, 2.24) is 73.0 Å². The Morgan fingerprint density at radius 2 is 0.807 bits per heavy atom. The molecule has 24 rings (SSSR count). The summed E-state index contributed by atoms with van der Waals surface area (Å²) in [5, 5.41) is 86.0. The fourth-order valence-electron chi connectivity index (χ4n) is 19.2. The number of imidazole rings is 5. The van der Waals surface area contributed by atoms with Crippen molar-refractivity contribution in [2.75, 3.05) is 40.3 Å². The molecule has 4 saturated carbocycles. The minimum Gasteiger partial charge on any atom is -0.496 e. The van der Waals surface area contributed by atoms with Crippen LogP contribution in [-0.4, -0.2) is 162 Å². The fourth-order valence-corrected chi connectivity index (χ4v) is 24.4. The number of nitrogens with one attached hydrogen (secondary N) is 4. The third-order valence-electron chi connectivity index (χ3n) is 27.2. The van der Waals surface area contributed by atoms with Crippen LogP contribution in [-0.2, 0) is 0 Å². The Morgan fingerprint density at radius 1 is 0.386 bits per heavy atom. The van der Waals surface area contributed by atoms with Crippen LogP contribution in [0.2, 0.25) is 0 Å². The molecule has 0 radical (unpaired) electrons. The van der Waals surface area contributed by atoms with E-state index in [4.69, 9.17) is 29.9 Å². The van der Waals surface area contributed by atoms with Crippen molar-refractivity contribution in [3.8, 4) is 65.0 Å². The maximum atomic E-state index is 9.80.